The summed E-state index contributed by atoms with van der Waals surface area (Å²) in [7, 11) is 1.99. The smallest absolute Gasteiger partial charge is 0.0727 e. The van der Waals surface area contributed by atoms with Gasteiger partial charge in [-0.15, -0.1) is 0 Å². The van der Waals surface area contributed by atoms with E-state index in [4.69, 9.17) is 0 Å². The molecule has 3 heteroatoms. The molecule has 0 fully saturated rings. The van der Waals surface area contributed by atoms with Crippen molar-refractivity contribution in [3.8, 4) is 0 Å². The van der Waals surface area contributed by atoms with Crippen LogP contribution in [0.3, 0.4) is 0 Å². The van der Waals surface area contributed by atoms with Crippen molar-refractivity contribution >= 4 is 5.69 Å². The highest BCUT2D eigenvalue weighted by atomic mass is 15.3. The van der Waals surface area contributed by atoms with E-state index >= 15 is 0 Å². The summed E-state index contributed by atoms with van der Waals surface area (Å²) >= 11 is 0. The molecule has 0 aliphatic heterocycles. The average Bonchev–Trinajstić information content (AvgIpc) is 2.78. The molecule has 1 aromatic carbocycles. The molecule has 0 spiro atoms. The van der Waals surface area contributed by atoms with Gasteiger partial charge in [-0.2, -0.15) is 5.10 Å². The lowest BCUT2D eigenvalue weighted by atomic mass is 9.89. The molecule has 0 aliphatic rings. The van der Waals surface area contributed by atoms with Gasteiger partial charge in [-0.3, -0.25) is 4.68 Å². The number of rotatable bonds is 4. The molecule has 0 radical (unpaired) electrons. The van der Waals surface area contributed by atoms with Crippen LogP contribution in [0.25, 0.3) is 0 Å². The summed E-state index contributed by atoms with van der Waals surface area (Å²) in [6.07, 6.45) is 2.12. The fourth-order valence-corrected chi connectivity index (χ4v) is 2.65. The van der Waals surface area contributed by atoms with Gasteiger partial charge in [-0.1, -0.05) is 52.8 Å². The Morgan fingerprint density at radius 1 is 1.19 bits per heavy atom. The van der Waals surface area contributed by atoms with Crippen molar-refractivity contribution < 1.29 is 0 Å². The Bertz CT molecular complexity index is 603. The van der Waals surface area contributed by atoms with Gasteiger partial charge in [0.25, 0.3) is 0 Å². The molecule has 0 saturated carbocycles. The predicted octanol–water partition coefficient (Wildman–Crippen LogP) is 4.45. The minimum atomic E-state index is 0.0653. The normalized spacial score (nSPS) is 12.0. The van der Waals surface area contributed by atoms with E-state index in [0.29, 0.717) is 5.92 Å². The summed E-state index contributed by atoms with van der Waals surface area (Å²) in [5.41, 5.74) is 5.08. The second-order valence-corrected chi connectivity index (χ2v) is 7.02. The number of hydrogen-bond donors (Lipinski definition) is 1. The first kappa shape index (κ1) is 15.6. The number of para-hydroxylation sites is 1. The first-order chi connectivity index (χ1) is 9.79. The van der Waals surface area contributed by atoms with Crippen LogP contribution in [0.2, 0.25) is 0 Å². The fraction of sp³-hybridized carbons (Fsp3) is 0.500. The van der Waals surface area contributed by atoms with Gasteiger partial charge < -0.3 is 5.32 Å². The van der Waals surface area contributed by atoms with Gasteiger partial charge in [0, 0.05) is 36.5 Å². The molecule has 0 amide bonds. The highest BCUT2D eigenvalue weighted by Crippen LogP contribution is 2.27. The van der Waals surface area contributed by atoms with Gasteiger partial charge >= 0.3 is 0 Å². The molecule has 1 N–H and O–H groups in total. The summed E-state index contributed by atoms with van der Waals surface area (Å²) in [6, 6.07) is 8.54. The minimum absolute atomic E-state index is 0.0653. The summed E-state index contributed by atoms with van der Waals surface area (Å²) in [6.45, 7) is 11.9. The Labute approximate surface area is 128 Å². The van der Waals surface area contributed by atoms with Crippen molar-refractivity contribution in [2.45, 2.75) is 52.5 Å². The van der Waals surface area contributed by atoms with Gasteiger partial charge in [0.15, 0.2) is 0 Å². The zero-order valence-electron chi connectivity index (χ0n) is 14.1. The summed E-state index contributed by atoms with van der Waals surface area (Å²) in [5.74, 6) is 0.518. The number of aromatic nitrogens is 2. The van der Waals surface area contributed by atoms with E-state index in [1.165, 1.54) is 22.5 Å². The highest BCUT2D eigenvalue weighted by molar-refractivity contribution is 5.53. The van der Waals surface area contributed by atoms with Crippen LogP contribution in [-0.2, 0) is 19.0 Å². The van der Waals surface area contributed by atoms with E-state index < -0.39 is 0 Å². The van der Waals surface area contributed by atoms with E-state index in [9.17, 15) is 0 Å². The zero-order chi connectivity index (χ0) is 15.6. The van der Waals surface area contributed by atoms with E-state index in [-0.39, 0.29) is 5.41 Å². The molecule has 0 atom stereocenters. The Kier molecular flexibility index (Phi) is 4.40. The van der Waals surface area contributed by atoms with Gasteiger partial charge in [0.05, 0.1) is 5.69 Å². The van der Waals surface area contributed by atoms with Crippen LogP contribution in [0.4, 0.5) is 5.69 Å². The van der Waals surface area contributed by atoms with E-state index in [2.05, 4.69) is 75.5 Å². The zero-order valence-corrected chi connectivity index (χ0v) is 14.1. The minimum Gasteiger partial charge on any atom is -0.381 e. The topological polar surface area (TPSA) is 29.9 Å². The molecule has 21 heavy (non-hydrogen) atoms. The number of hydrogen-bond acceptors (Lipinski definition) is 2. The van der Waals surface area contributed by atoms with Crippen molar-refractivity contribution in [1.29, 1.82) is 0 Å². The lowest BCUT2D eigenvalue weighted by Gasteiger charge is -2.19. The largest absolute Gasteiger partial charge is 0.381 e. The third-order valence-corrected chi connectivity index (χ3v) is 3.67. The lowest BCUT2D eigenvalue weighted by molar-refractivity contribution is 0.549. The standard InChI is InChI=1S/C18H27N3/c1-13(2)15-9-7-8-10-16(15)19-11-14-12-21(6)20-17(14)18(3,4)5/h7-10,12-13,19H,11H2,1-6H3. The molecule has 0 aliphatic carbocycles. The maximum atomic E-state index is 4.63. The average molecular weight is 285 g/mol. The quantitative estimate of drug-likeness (QED) is 0.899. The molecule has 2 rings (SSSR count). The predicted molar refractivity (Wildman–Crippen MR) is 89.8 cm³/mol. The van der Waals surface area contributed by atoms with Crippen LogP contribution < -0.4 is 5.32 Å². The van der Waals surface area contributed by atoms with Crippen LogP contribution in [0.1, 0.15) is 57.4 Å². The Morgan fingerprint density at radius 3 is 2.48 bits per heavy atom. The molecule has 0 saturated heterocycles. The summed E-state index contributed by atoms with van der Waals surface area (Å²) in [5, 5.41) is 8.21. The van der Waals surface area contributed by atoms with Crippen molar-refractivity contribution in [2.75, 3.05) is 5.32 Å². The van der Waals surface area contributed by atoms with Gasteiger partial charge in [0.1, 0.15) is 0 Å². The fourth-order valence-electron chi connectivity index (χ4n) is 2.65. The molecule has 2 aromatic rings. The monoisotopic (exact) mass is 285 g/mol. The van der Waals surface area contributed by atoms with Crippen molar-refractivity contribution in [2.24, 2.45) is 7.05 Å². The van der Waals surface area contributed by atoms with Crippen LogP contribution in [-0.4, -0.2) is 9.78 Å². The van der Waals surface area contributed by atoms with Gasteiger partial charge in [0.2, 0.25) is 0 Å². The van der Waals surface area contributed by atoms with Gasteiger partial charge in [-0.05, 0) is 17.5 Å². The van der Waals surface area contributed by atoms with Crippen LogP contribution in [0, 0.1) is 0 Å². The van der Waals surface area contributed by atoms with E-state index in [0.717, 1.165) is 6.54 Å². The molecule has 1 heterocycles. The summed E-state index contributed by atoms with van der Waals surface area (Å²) in [4.78, 5) is 0. The Balaban J connectivity index is 2.22. The maximum Gasteiger partial charge on any atom is 0.0727 e. The molecule has 0 unspecified atom stereocenters. The third kappa shape index (κ3) is 3.66. The van der Waals surface area contributed by atoms with Gasteiger partial charge in [-0.25, -0.2) is 0 Å². The number of nitrogens with zero attached hydrogens (tertiary/aromatic N) is 2. The van der Waals surface area contributed by atoms with Crippen molar-refractivity contribution in [3.63, 3.8) is 0 Å². The molecule has 3 nitrogen and oxygen atoms in total. The SMILES string of the molecule is CC(C)c1ccccc1NCc1cn(C)nc1C(C)(C)C. The highest BCUT2D eigenvalue weighted by Gasteiger charge is 2.21. The van der Waals surface area contributed by atoms with Crippen LogP contribution >= 0.6 is 0 Å². The first-order valence-electron chi connectivity index (χ1n) is 7.65. The molecular formula is C18H27N3. The number of aryl methyl sites for hydroxylation is 1. The first-order valence-corrected chi connectivity index (χ1v) is 7.65. The van der Waals surface area contributed by atoms with E-state index in [1.807, 2.05) is 11.7 Å². The number of nitrogens with one attached hydrogen (secondary N) is 1. The third-order valence-electron chi connectivity index (χ3n) is 3.67. The van der Waals surface area contributed by atoms with E-state index in [1.54, 1.807) is 0 Å². The lowest BCUT2D eigenvalue weighted by Crippen LogP contribution is -2.16. The van der Waals surface area contributed by atoms with Crippen molar-refractivity contribution in [3.05, 3.63) is 47.3 Å². The number of anilines is 1. The van der Waals surface area contributed by atoms with Crippen molar-refractivity contribution in [1.82, 2.24) is 9.78 Å². The Hall–Kier alpha value is -1.77. The van der Waals surface area contributed by atoms with Crippen LogP contribution in [0.5, 0.6) is 0 Å². The second kappa shape index (κ2) is 5.92. The maximum absolute atomic E-state index is 4.63. The summed E-state index contributed by atoms with van der Waals surface area (Å²) < 4.78 is 1.91. The van der Waals surface area contributed by atoms with Crippen LogP contribution in [0.15, 0.2) is 30.5 Å². The number of benzene rings is 1. The molecular weight excluding hydrogens is 258 g/mol. The molecule has 1 aromatic heterocycles. The molecule has 114 valence electrons. The molecule has 0 bridgehead atoms. The second-order valence-electron chi connectivity index (χ2n) is 7.02. The Morgan fingerprint density at radius 2 is 1.86 bits per heavy atom.